The number of hydrogen-bond donors (Lipinski definition) is 2. The number of aromatic nitrogens is 1. The fourth-order valence-electron chi connectivity index (χ4n) is 1.56. The first-order valence-electron chi connectivity index (χ1n) is 4.77. The van der Waals surface area contributed by atoms with Gasteiger partial charge in [0.1, 0.15) is 5.69 Å². The van der Waals surface area contributed by atoms with E-state index in [1.165, 1.54) is 0 Å². The number of hydrazine groups is 1. The third kappa shape index (κ3) is 2.41. The Bertz CT molecular complexity index is 657. The summed E-state index contributed by atoms with van der Waals surface area (Å²) in [5, 5.41) is -0.942. The van der Waals surface area contributed by atoms with E-state index in [0.29, 0.717) is 6.07 Å². The Kier molecular flexibility index (Phi) is 3.46. The fraction of sp³-hybridized carbons (Fsp3) is 0.100. The van der Waals surface area contributed by atoms with E-state index in [-0.39, 0.29) is 16.6 Å². The van der Waals surface area contributed by atoms with Crippen molar-refractivity contribution < 1.29 is 17.6 Å². The summed E-state index contributed by atoms with van der Waals surface area (Å²) in [6.45, 7) is 0. The molecule has 2 aromatic rings. The lowest BCUT2D eigenvalue weighted by atomic mass is 10.1. The number of rotatable bonds is 1. The Hall–Kier alpha value is -1.31. The van der Waals surface area contributed by atoms with Crippen LogP contribution in [0.5, 0.6) is 0 Å². The zero-order valence-electron chi connectivity index (χ0n) is 8.95. The molecule has 3 N–H and O–H groups in total. The number of benzene rings is 1. The Morgan fingerprint density at radius 2 is 1.84 bits per heavy atom. The number of alkyl halides is 3. The van der Waals surface area contributed by atoms with E-state index in [9.17, 15) is 17.6 Å². The summed E-state index contributed by atoms with van der Waals surface area (Å²) >= 11 is 11.2. The van der Waals surface area contributed by atoms with E-state index < -0.39 is 27.7 Å². The SMILES string of the molecule is NNc1cc(C(F)(F)F)nc2cc(Cl)c(F)c(Cl)c12. The van der Waals surface area contributed by atoms with Gasteiger partial charge < -0.3 is 5.43 Å². The van der Waals surface area contributed by atoms with Crippen molar-refractivity contribution in [3.05, 3.63) is 33.7 Å². The topological polar surface area (TPSA) is 50.9 Å². The first-order chi connectivity index (χ1) is 8.75. The molecule has 2 rings (SSSR count). The van der Waals surface area contributed by atoms with E-state index in [1.54, 1.807) is 0 Å². The minimum Gasteiger partial charge on any atom is -0.323 e. The predicted octanol–water partition coefficient (Wildman–Crippen LogP) is 3.99. The summed E-state index contributed by atoms with van der Waals surface area (Å²) in [5.41, 5.74) is 0.442. The number of halogens is 6. The van der Waals surface area contributed by atoms with Gasteiger partial charge in [-0.2, -0.15) is 13.2 Å². The molecule has 0 spiro atoms. The highest BCUT2D eigenvalue weighted by molar-refractivity contribution is 6.39. The molecule has 0 saturated carbocycles. The number of nitrogens with two attached hydrogens (primary N) is 1. The van der Waals surface area contributed by atoms with Crippen LogP contribution in [0.1, 0.15) is 5.69 Å². The molecule has 1 aromatic carbocycles. The van der Waals surface area contributed by atoms with Gasteiger partial charge in [-0.3, -0.25) is 5.84 Å². The predicted molar refractivity (Wildman–Crippen MR) is 64.5 cm³/mol. The Morgan fingerprint density at radius 3 is 2.37 bits per heavy atom. The van der Waals surface area contributed by atoms with Crippen molar-refractivity contribution in [1.29, 1.82) is 0 Å². The third-order valence-corrected chi connectivity index (χ3v) is 3.01. The van der Waals surface area contributed by atoms with Gasteiger partial charge in [-0.05, 0) is 12.1 Å². The Labute approximate surface area is 114 Å². The highest BCUT2D eigenvalue weighted by Gasteiger charge is 2.34. The largest absolute Gasteiger partial charge is 0.433 e. The quantitative estimate of drug-likeness (QED) is 0.362. The molecule has 1 heterocycles. The number of fused-ring (bicyclic) bond motifs is 1. The first kappa shape index (κ1) is 14.1. The zero-order chi connectivity index (χ0) is 14.4. The lowest BCUT2D eigenvalue weighted by molar-refractivity contribution is -0.140. The van der Waals surface area contributed by atoms with E-state index in [1.807, 2.05) is 5.43 Å². The van der Waals surface area contributed by atoms with Crippen molar-refractivity contribution in [2.24, 2.45) is 5.84 Å². The Balaban J connectivity index is 2.89. The van der Waals surface area contributed by atoms with Gasteiger partial charge in [-0.15, -0.1) is 0 Å². The summed E-state index contributed by atoms with van der Waals surface area (Å²) in [6, 6.07) is 1.59. The fourth-order valence-corrected chi connectivity index (χ4v) is 2.10. The van der Waals surface area contributed by atoms with Crippen molar-refractivity contribution in [3.8, 4) is 0 Å². The van der Waals surface area contributed by atoms with Crippen LogP contribution in [0.4, 0.5) is 23.2 Å². The molecular weight excluding hydrogens is 309 g/mol. The smallest absolute Gasteiger partial charge is 0.323 e. The standard InChI is InChI=1S/C10H5Cl2F4N3/c11-3-1-4-7(8(12)9(3)13)5(19-17)2-6(18-4)10(14,15)16/h1-2H,17H2,(H,18,19). The number of anilines is 1. The maximum absolute atomic E-state index is 13.5. The van der Waals surface area contributed by atoms with Crippen LogP contribution in [0.15, 0.2) is 12.1 Å². The number of hydrogen-bond acceptors (Lipinski definition) is 3. The number of nitrogen functional groups attached to an aromatic ring is 1. The van der Waals surface area contributed by atoms with Gasteiger partial charge in [-0.1, -0.05) is 23.2 Å². The zero-order valence-corrected chi connectivity index (χ0v) is 10.5. The van der Waals surface area contributed by atoms with Crippen molar-refractivity contribution >= 4 is 39.8 Å². The molecule has 102 valence electrons. The second kappa shape index (κ2) is 4.66. The van der Waals surface area contributed by atoms with Crippen LogP contribution in [0.2, 0.25) is 10.0 Å². The molecule has 0 aliphatic carbocycles. The number of nitrogens with zero attached hydrogens (tertiary/aromatic N) is 1. The molecule has 19 heavy (non-hydrogen) atoms. The molecule has 0 radical (unpaired) electrons. The Morgan fingerprint density at radius 1 is 1.21 bits per heavy atom. The van der Waals surface area contributed by atoms with Crippen LogP contribution in [0, 0.1) is 5.82 Å². The summed E-state index contributed by atoms with van der Waals surface area (Å²) in [5.74, 6) is 4.18. The lowest BCUT2D eigenvalue weighted by Gasteiger charge is -2.13. The van der Waals surface area contributed by atoms with Crippen LogP contribution in [0.25, 0.3) is 10.9 Å². The van der Waals surface area contributed by atoms with Gasteiger partial charge in [0.15, 0.2) is 5.82 Å². The molecule has 0 aliphatic rings. The molecule has 1 aromatic heterocycles. The van der Waals surface area contributed by atoms with Crippen LogP contribution in [0.3, 0.4) is 0 Å². The van der Waals surface area contributed by atoms with Crippen molar-refractivity contribution in [3.63, 3.8) is 0 Å². The molecule has 0 bridgehead atoms. The maximum Gasteiger partial charge on any atom is 0.433 e. The van der Waals surface area contributed by atoms with Gasteiger partial charge in [0.2, 0.25) is 0 Å². The van der Waals surface area contributed by atoms with Gasteiger partial charge in [0.05, 0.1) is 21.2 Å². The second-order valence-electron chi connectivity index (χ2n) is 3.58. The molecule has 0 unspecified atom stereocenters. The average Bonchev–Trinajstić information content (AvgIpc) is 2.33. The molecule has 0 saturated heterocycles. The molecule has 9 heteroatoms. The first-order valence-corrected chi connectivity index (χ1v) is 5.53. The van der Waals surface area contributed by atoms with Gasteiger partial charge >= 0.3 is 6.18 Å². The number of pyridine rings is 1. The highest BCUT2D eigenvalue weighted by atomic mass is 35.5. The maximum atomic E-state index is 13.5. The highest BCUT2D eigenvalue weighted by Crippen LogP contribution is 2.38. The summed E-state index contributed by atoms with van der Waals surface area (Å²) < 4.78 is 51.5. The normalized spacial score (nSPS) is 11.9. The van der Waals surface area contributed by atoms with Gasteiger partial charge in [-0.25, -0.2) is 9.37 Å². The van der Waals surface area contributed by atoms with Crippen molar-refractivity contribution in [2.75, 3.05) is 5.43 Å². The third-order valence-electron chi connectivity index (χ3n) is 2.38. The lowest BCUT2D eigenvalue weighted by Crippen LogP contribution is -2.13. The molecule has 0 amide bonds. The molecular formula is C10H5Cl2F4N3. The van der Waals surface area contributed by atoms with E-state index >= 15 is 0 Å². The van der Waals surface area contributed by atoms with Crippen LogP contribution < -0.4 is 11.3 Å². The van der Waals surface area contributed by atoms with Crippen LogP contribution in [-0.2, 0) is 6.18 Å². The molecule has 3 nitrogen and oxygen atoms in total. The summed E-state index contributed by atoms with van der Waals surface area (Å²) in [4.78, 5) is 3.36. The monoisotopic (exact) mass is 313 g/mol. The molecule has 0 aliphatic heterocycles. The van der Waals surface area contributed by atoms with Gasteiger partial charge in [0, 0.05) is 5.39 Å². The van der Waals surface area contributed by atoms with Crippen LogP contribution in [-0.4, -0.2) is 4.98 Å². The van der Waals surface area contributed by atoms with Crippen molar-refractivity contribution in [1.82, 2.24) is 4.98 Å². The minimum absolute atomic E-state index is 0.0703. The van der Waals surface area contributed by atoms with E-state index in [2.05, 4.69) is 4.98 Å². The summed E-state index contributed by atoms with van der Waals surface area (Å²) in [6.07, 6.45) is -4.67. The summed E-state index contributed by atoms with van der Waals surface area (Å²) in [7, 11) is 0. The van der Waals surface area contributed by atoms with Crippen molar-refractivity contribution in [2.45, 2.75) is 6.18 Å². The average molecular weight is 314 g/mol. The van der Waals surface area contributed by atoms with Gasteiger partial charge in [0.25, 0.3) is 0 Å². The second-order valence-corrected chi connectivity index (χ2v) is 4.36. The minimum atomic E-state index is -4.67. The van der Waals surface area contributed by atoms with Crippen LogP contribution >= 0.6 is 23.2 Å². The number of nitrogens with one attached hydrogen (secondary N) is 1. The molecule has 0 atom stereocenters. The van der Waals surface area contributed by atoms with E-state index in [0.717, 1.165) is 6.07 Å². The molecule has 0 fully saturated rings. The van der Waals surface area contributed by atoms with E-state index in [4.69, 9.17) is 29.0 Å².